The number of ketones is 1. The third-order valence-electron chi connectivity index (χ3n) is 2.54. The molecule has 0 aliphatic rings. The van der Waals surface area contributed by atoms with Gasteiger partial charge in [-0.05, 0) is 35.9 Å². The number of hydrogen-bond donors (Lipinski definition) is 1. The molecule has 0 aliphatic carbocycles. The van der Waals surface area contributed by atoms with Crippen molar-refractivity contribution in [1.29, 1.82) is 0 Å². The van der Waals surface area contributed by atoms with Crippen LogP contribution >= 0.6 is 23.2 Å². The first-order chi connectivity index (χ1) is 8.56. The van der Waals surface area contributed by atoms with Crippen LogP contribution in [0.2, 0.25) is 10.0 Å². The largest absolute Gasteiger partial charge is 0.399 e. The monoisotopic (exact) mass is 279 g/mol. The van der Waals surface area contributed by atoms with Crippen LogP contribution in [-0.2, 0) is 6.42 Å². The zero-order chi connectivity index (χ0) is 13.1. The van der Waals surface area contributed by atoms with Crippen molar-refractivity contribution < 1.29 is 4.79 Å². The van der Waals surface area contributed by atoms with E-state index in [0.717, 1.165) is 5.56 Å². The number of Topliss-reactive ketones (excluding diaryl/α,β-unsaturated/α-hetero) is 1. The van der Waals surface area contributed by atoms with Crippen LogP contribution in [0.1, 0.15) is 15.9 Å². The van der Waals surface area contributed by atoms with E-state index in [9.17, 15) is 4.79 Å². The number of nitrogens with two attached hydrogens (primary N) is 1. The minimum Gasteiger partial charge on any atom is -0.399 e. The minimum absolute atomic E-state index is 0.0758. The molecular formula is C14H11Cl2NO. The van der Waals surface area contributed by atoms with Crippen molar-refractivity contribution in [3.8, 4) is 0 Å². The Bertz CT molecular complexity index is 596. The normalized spacial score (nSPS) is 10.3. The first-order valence-corrected chi connectivity index (χ1v) is 6.14. The molecule has 4 heteroatoms. The van der Waals surface area contributed by atoms with E-state index in [-0.39, 0.29) is 12.2 Å². The summed E-state index contributed by atoms with van der Waals surface area (Å²) >= 11 is 11.8. The second kappa shape index (κ2) is 5.42. The van der Waals surface area contributed by atoms with Crippen molar-refractivity contribution in [3.63, 3.8) is 0 Å². The Labute approximate surface area is 115 Å². The number of rotatable bonds is 3. The summed E-state index contributed by atoms with van der Waals surface area (Å²) in [7, 11) is 0. The van der Waals surface area contributed by atoms with Gasteiger partial charge in [-0.25, -0.2) is 0 Å². The molecule has 0 saturated heterocycles. The zero-order valence-corrected chi connectivity index (χ0v) is 11.0. The smallest absolute Gasteiger partial charge is 0.168 e. The number of anilines is 1. The van der Waals surface area contributed by atoms with Crippen LogP contribution in [0.5, 0.6) is 0 Å². The summed E-state index contributed by atoms with van der Waals surface area (Å²) in [5, 5.41) is 0.906. The molecule has 0 radical (unpaired) electrons. The van der Waals surface area contributed by atoms with Crippen LogP contribution in [-0.4, -0.2) is 5.78 Å². The number of carbonyl (C=O) groups excluding carboxylic acids is 1. The molecule has 0 spiro atoms. The number of carbonyl (C=O) groups is 1. The summed E-state index contributed by atoms with van der Waals surface area (Å²) in [6.45, 7) is 0. The summed E-state index contributed by atoms with van der Waals surface area (Å²) < 4.78 is 0. The predicted octanol–water partition coefficient (Wildman–Crippen LogP) is 4.00. The van der Waals surface area contributed by atoms with E-state index in [2.05, 4.69) is 0 Å². The fourth-order valence-electron chi connectivity index (χ4n) is 1.69. The first kappa shape index (κ1) is 12.9. The molecule has 0 saturated carbocycles. The molecule has 2 aromatic carbocycles. The van der Waals surface area contributed by atoms with Gasteiger partial charge in [-0.3, -0.25) is 4.79 Å². The molecule has 0 fully saturated rings. The molecular weight excluding hydrogens is 269 g/mol. The maximum Gasteiger partial charge on any atom is 0.168 e. The van der Waals surface area contributed by atoms with Gasteiger partial charge in [0.2, 0.25) is 0 Å². The Morgan fingerprint density at radius 2 is 1.89 bits per heavy atom. The highest BCUT2D eigenvalue weighted by atomic mass is 35.5. The summed E-state index contributed by atoms with van der Waals surface area (Å²) in [5.41, 5.74) is 7.60. The van der Waals surface area contributed by atoms with E-state index < -0.39 is 0 Å². The van der Waals surface area contributed by atoms with Gasteiger partial charge in [-0.2, -0.15) is 0 Å². The van der Waals surface area contributed by atoms with Crippen LogP contribution in [0.15, 0.2) is 42.5 Å². The Hall–Kier alpha value is -1.51. The molecule has 0 aromatic heterocycles. The van der Waals surface area contributed by atoms with E-state index >= 15 is 0 Å². The number of benzene rings is 2. The second-order valence-electron chi connectivity index (χ2n) is 3.97. The second-order valence-corrected chi connectivity index (χ2v) is 4.81. The van der Waals surface area contributed by atoms with Crippen molar-refractivity contribution in [2.75, 3.05) is 5.73 Å². The van der Waals surface area contributed by atoms with Crippen molar-refractivity contribution in [2.45, 2.75) is 6.42 Å². The fraction of sp³-hybridized carbons (Fsp3) is 0.0714. The van der Waals surface area contributed by atoms with Crippen LogP contribution in [0.3, 0.4) is 0 Å². The fourth-order valence-corrected chi connectivity index (χ4v) is 2.09. The SMILES string of the molecule is Nc1cccc(CC(=O)c2cc(Cl)ccc2Cl)c1. The van der Waals surface area contributed by atoms with Gasteiger partial charge in [0.25, 0.3) is 0 Å². The Kier molecular flexibility index (Phi) is 3.90. The maximum atomic E-state index is 12.1. The van der Waals surface area contributed by atoms with Gasteiger partial charge in [-0.1, -0.05) is 35.3 Å². The van der Waals surface area contributed by atoms with E-state index in [1.54, 1.807) is 30.3 Å². The molecule has 18 heavy (non-hydrogen) atoms. The Balaban J connectivity index is 2.24. The molecule has 0 aliphatic heterocycles. The third kappa shape index (κ3) is 3.03. The number of hydrogen-bond acceptors (Lipinski definition) is 2. The molecule has 2 N–H and O–H groups in total. The minimum atomic E-state index is -0.0758. The lowest BCUT2D eigenvalue weighted by atomic mass is 10.0. The molecule has 2 rings (SSSR count). The quantitative estimate of drug-likeness (QED) is 0.682. The van der Waals surface area contributed by atoms with Gasteiger partial charge >= 0.3 is 0 Å². The third-order valence-corrected chi connectivity index (χ3v) is 3.11. The van der Waals surface area contributed by atoms with Gasteiger partial charge in [0.1, 0.15) is 0 Å². The maximum absolute atomic E-state index is 12.1. The highest BCUT2D eigenvalue weighted by Gasteiger charge is 2.11. The summed E-state index contributed by atoms with van der Waals surface area (Å²) in [6.07, 6.45) is 0.255. The summed E-state index contributed by atoms with van der Waals surface area (Å²) in [4.78, 5) is 12.1. The van der Waals surface area contributed by atoms with Crippen molar-refractivity contribution in [1.82, 2.24) is 0 Å². The van der Waals surface area contributed by atoms with Crippen LogP contribution in [0.25, 0.3) is 0 Å². The average Bonchev–Trinajstić information content (AvgIpc) is 2.32. The van der Waals surface area contributed by atoms with Crippen LogP contribution in [0, 0.1) is 0 Å². The Morgan fingerprint density at radius 3 is 2.61 bits per heavy atom. The summed E-state index contributed by atoms with van der Waals surface area (Å²) in [6, 6.07) is 12.1. The molecule has 2 nitrogen and oxygen atoms in total. The van der Waals surface area contributed by atoms with Crippen molar-refractivity contribution >= 4 is 34.7 Å². The lowest BCUT2D eigenvalue weighted by Crippen LogP contribution is -2.04. The molecule has 0 amide bonds. The topological polar surface area (TPSA) is 43.1 Å². The van der Waals surface area contributed by atoms with E-state index in [0.29, 0.717) is 21.3 Å². The molecule has 2 aromatic rings. The van der Waals surface area contributed by atoms with Crippen molar-refractivity contribution in [3.05, 3.63) is 63.6 Å². The van der Waals surface area contributed by atoms with Crippen LogP contribution in [0.4, 0.5) is 5.69 Å². The first-order valence-electron chi connectivity index (χ1n) is 5.39. The number of nitrogen functional groups attached to an aromatic ring is 1. The standard InChI is InChI=1S/C14H11Cl2NO/c15-10-4-5-13(16)12(8-10)14(18)7-9-2-1-3-11(17)6-9/h1-6,8H,7,17H2. The highest BCUT2D eigenvalue weighted by Crippen LogP contribution is 2.22. The molecule has 92 valence electrons. The van der Waals surface area contributed by atoms with Gasteiger partial charge in [0.15, 0.2) is 5.78 Å². The predicted molar refractivity (Wildman–Crippen MR) is 75.4 cm³/mol. The van der Waals surface area contributed by atoms with Crippen molar-refractivity contribution in [2.24, 2.45) is 0 Å². The zero-order valence-electron chi connectivity index (χ0n) is 9.49. The molecule has 0 bridgehead atoms. The van der Waals surface area contributed by atoms with E-state index in [4.69, 9.17) is 28.9 Å². The highest BCUT2D eigenvalue weighted by molar-refractivity contribution is 6.35. The molecule has 0 atom stereocenters. The number of halogens is 2. The van der Waals surface area contributed by atoms with E-state index in [1.165, 1.54) is 0 Å². The lowest BCUT2D eigenvalue weighted by molar-refractivity contribution is 0.0993. The van der Waals surface area contributed by atoms with Gasteiger partial charge in [0.05, 0.1) is 5.02 Å². The van der Waals surface area contributed by atoms with Gasteiger partial charge in [-0.15, -0.1) is 0 Å². The van der Waals surface area contributed by atoms with Crippen LogP contribution < -0.4 is 5.73 Å². The average molecular weight is 280 g/mol. The van der Waals surface area contributed by atoms with E-state index in [1.807, 2.05) is 12.1 Å². The van der Waals surface area contributed by atoms with Gasteiger partial charge < -0.3 is 5.73 Å². The summed E-state index contributed by atoms with van der Waals surface area (Å²) in [5.74, 6) is -0.0758. The Morgan fingerprint density at radius 1 is 1.11 bits per heavy atom. The lowest BCUT2D eigenvalue weighted by Gasteiger charge is -2.05. The molecule has 0 unspecified atom stereocenters. The molecule has 0 heterocycles. The van der Waals surface area contributed by atoms with Gasteiger partial charge in [0, 0.05) is 22.7 Å².